The quantitative estimate of drug-likeness (QED) is 0.319. The van der Waals surface area contributed by atoms with Crippen LogP contribution < -0.4 is 16.0 Å². The molecule has 1 aliphatic rings. The highest BCUT2D eigenvalue weighted by Gasteiger charge is 2.38. The lowest BCUT2D eigenvalue weighted by Crippen LogP contribution is -2.52. The Hall–Kier alpha value is -4.14. The predicted molar refractivity (Wildman–Crippen MR) is 139 cm³/mol. The second-order valence-corrected chi connectivity index (χ2v) is 9.32. The van der Waals surface area contributed by atoms with Crippen LogP contribution >= 0.6 is 0 Å². The molecule has 0 radical (unpaired) electrons. The number of hydrogen-bond acceptors (Lipinski definition) is 4. The molecule has 198 valence electrons. The van der Waals surface area contributed by atoms with Crippen molar-refractivity contribution < 1.29 is 27.6 Å². The molecule has 6 nitrogen and oxygen atoms in total. The normalized spacial score (nSPS) is 15.3. The van der Waals surface area contributed by atoms with E-state index in [-0.39, 0.29) is 36.9 Å². The number of amides is 3. The average Bonchev–Trinajstić information content (AvgIpc) is 2.96. The monoisotopic (exact) mass is 523 g/mol. The number of hydrogen-bond donors (Lipinski definition) is 2. The minimum Gasteiger partial charge on any atom is -0.398 e. The first kappa shape index (κ1) is 26.9. The zero-order valence-electron chi connectivity index (χ0n) is 20.8. The van der Waals surface area contributed by atoms with Crippen LogP contribution in [0.2, 0.25) is 0 Å². The van der Waals surface area contributed by atoms with Crippen LogP contribution in [0.5, 0.6) is 0 Å². The van der Waals surface area contributed by atoms with Crippen molar-refractivity contribution in [1.29, 1.82) is 0 Å². The smallest absolute Gasteiger partial charge is 0.256 e. The summed E-state index contributed by atoms with van der Waals surface area (Å²) in [6.07, 6.45) is 0.104. The van der Waals surface area contributed by atoms with Crippen molar-refractivity contribution >= 4 is 29.1 Å². The second-order valence-electron chi connectivity index (χ2n) is 9.32. The van der Waals surface area contributed by atoms with Crippen molar-refractivity contribution in [3.8, 4) is 11.1 Å². The number of anilines is 2. The van der Waals surface area contributed by atoms with E-state index in [1.807, 2.05) is 12.1 Å². The number of carbonyl (C=O) groups is 3. The van der Waals surface area contributed by atoms with Gasteiger partial charge in [-0.15, -0.1) is 0 Å². The number of nitrogens with one attached hydrogen (secondary N) is 1. The molecule has 0 aromatic heterocycles. The Morgan fingerprint density at radius 2 is 1.74 bits per heavy atom. The molecular weight excluding hydrogens is 495 g/mol. The molecule has 38 heavy (non-hydrogen) atoms. The number of nitrogens with zero attached hydrogens (tertiary/aromatic N) is 1. The largest absolute Gasteiger partial charge is 0.398 e. The number of halogens is 3. The molecule has 4 rings (SSSR count). The summed E-state index contributed by atoms with van der Waals surface area (Å²) in [6, 6.07) is 13.8. The van der Waals surface area contributed by atoms with Crippen molar-refractivity contribution in [2.75, 3.05) is 17.3 Å². The third kappa shape index (κ3) is 5.56. The summed E-state index contributed by atoms with van der Waals surface area (Å²) in [5.41, 5.74) is 9.03. The molecule has 0 fully saturated rings. The highest BCUT2D eigenvalue weighted by atomic mass is 19.1. The first-order valence-corrected chi connectivity index (χ1v) is 12.4. The van der Waals surface area contributed by atoms with Gasteiger partial charge in [0.15, 0.2) is 0 Å². The lowest BCUT2D eigenvalue weighted by Gasteiger charge is -2.28. The summed E-state index contributed by atoms with van der Waals surface area (Å²) in [6.45, 7) is 1.09. The van der Waals surface area contributed by atoms with Gasteiger partial charge < -0.3 is 11.1 Å². The van der Waals surface area contributed by atoms with Crippen LogP contribution in [-0.4, -0.2) is 30.4 Å². The highest BCUT2D eigenvalue weighted by molar-refractivity contribution is 6.22. The molecule has 3 N–H and O–H groups in total. The number of alkyl halides is 1. The van der Waals surface area contributed by atoms with Gasteiger partial charge in [0.2, 0.25) is 11.8 Å². The standard InChI is InChI=1S/C29H28F3N3O3/c1-17-21-7-2-3-8-22(21)27-23(33)9-6-11-25(27)35(28(17)37)29(38)24(10-4-5-12-30)34-26(36)15-18-13-19(31)16-20(32)14-18/h2-3,6-9,11,13-14,16-17,24H,4-5,10,12,15,33H2,1H3,(H,34,36)/t17?,24-/m0/s1. The van der Waals surface area contributed by atoms with Gasteiger partial charge in [-0.25, -0.2) is 13.7 Å². The molecule has 0 saturated carbocycles. The maximum Gasteiger partial charge on any atom is 0.256 e. The van der Waals surface area contributed by atoms with Gasteiger partial charge in [0.25, 0.3) is 5.91 Å². The predicted octanol–water partition coefficient (Wildman–Crippen LogP) is 5.06. The van der Waals surface area contributed by atoms with Crippen molar-refractivity contribution in [2.45, 2.75) is 44.6 Å². The van der Waals surface area contributed by atoms with Crippen LogP contribution in [-0.2, 0) is 20.8 Å². The molecule has 3 amide bonds. The summed E-state index contributed by atoms with van der Waals surface area (Å²) in [5.74, 6) is -4.22. The molecule has 1 aliphatic heterocycles. The van der Waals surface area contributed by atoms with Crippen LogP contribution in [0, 0.1) is 11.6 Å². The van der Waals surface area contributed by atoms with E-state index in [4.69, 9.17) is 5.73 Å². The number of nitrogen functional groups attached to an aromatic ring is 1. The van der Waals surface area contributed by atoms with Crippen LogP contribution in [0.1, 0.15) is 43.2 Å². The summed E-state index contributed by atoms with van der Waals surface area (Å²) in [5, 5.41) is 2.60. The number of nitrogens with two attached hydrogens (primary N) is 1. The molecule has 3 aromatic rings. The van der Waals surface area contributed by atoms with E-state index in [0.29, 0.717) is 22.9 Å². The van der Waals surface area contributed by atoms with E-state index < -0.39 is 48.0 Å². The fourth-order valence-corrected chi connectivity index (χ4v) is 4.81. The lowest BCUT2D eigenvalue weighted by atomic mass is 9.92. The number of rotatable bonds is 8. The Balaban J connectivity index is 1.70. The van der Waals surface area contributed by atoms with Crippen molar-refractivity contribution in [2.24, 2.45) is 0 Å². The number of carbonyl (C=O) groups excluding carboxylic acids is 3. The van der Waals surface area contributed by atoms with E-state index in [1.54, 1.807) is 37.3 Å². The molecule has 9 heteroatoms. The van der Waals surface area contributed by atoms with Gasteiger partial charge in [-0.3, -0.25) is 18.8 Å². The Morgan fingerprint density at radius 1 is 1.03 bits per heavy atom. The molecule has 0 bridgehead atoms. The zero-order chi connectivity index (χ0) is 27.4. The van der Waals surface area contributed by atoms with E-state index in [2.05, 4.69) is 5.32 Å². The Kier molecular flexibility index (Phi) is 8.14. The number of unbranched alkanes of at least 4 members (excludes halogenated alkanes) is 1. The van der Waals surface area contributed by atoms with Gasteiger partial charge in [0, 0.05) is 17.3 Å². The molecule has 0 aliphatic carbocycles. The van der Waals surface area contributed by atoms with Gasteiger partial charge in [-0.2, -0.15) is 0 Å². The van der Waals surface area contributed by atoms with Gasteiger partial charge >= 0.3 is 0 Å². The maximum absolute atomic E-state index is 14.0. The Morgan fingerprint density at radius 3 is 2.45 bits per heavy atom. The third-order valence-electron chi connectivity index (χ3n) is 6.62. The number of imide groups is 1. The fourth-order valence-electron chi connectivity index (χ4n) is 4.81. The summed E-state index contributed by atoms with van der Waals surface area (Å²) in [7, 11) is 0. The average molecular weight is 524 g/mol. The van der Waals surface area contributed by atoms with E-state index in [9.17, 15) is 27.6 Å². The lowest BCUT2D eigenvalue weighted by molar-refractivity contribution is -0.131. The van der Waals surface area contributed by atoms with E-state index in [1.165, 1.54) is 0 Å². The van der Waals surface area contributed by atoms with Gasteiger partial charge in [0.1, 0.15) is 17.7 Å². The second kappa shape index (κ2) is 11.5. The summed E-state index contributed by atoms with van der Waals surface area (Å²) < 4.78 is 40.1. The fraction of sp³-hybridized carbons (Fsp3) is 0.276. The minimum atomic E-state index is -1.18. The third-order valence-corrected chi connectivity index (χ3v) is 6.62. The van der Waals surface area contributed by atoms with Crippen LogP contribution in [0.25, 0.3) is 11.1 Å². The van der Waals surface area contributed by atoms with E-state index in [0.717, 1.165) is 22.6 Å². The van der Waals surface area contributed by atoms with Crippen molar-refractivity contribution in [1.82, 2.24) is 5.32 Å². The van der Waals surface area contributed by atoms with Gasteiger partial charge in [-0.05, 0) is 67.1 Å². The molecule has 0 spiro atoms. The Labute approximate surface area is 218 Å². The summed E-state index contributed by atoms with van der Waals surface area (Å²) >= 11 is 0. The molecular formula is C29H28F3N3O3. The maximum atomic E-state index is 14.0. The topological polar surface area (TPSA) is 92.5 Å². The SMILES string of the molecule is CC1C(=O)N(C(=O)[C@H](CCCCF)NC(=O)Cc2cc(F)cc(F)c2)c2cccc(N)c2-c2ccccc21. The molecule has 1 unspecified atom stereocenters. The van der Waals surface area contributed by atoms with Crippen molar-refractivity contribution in [3.05, 3.63) is 83.4 Å². The molecule has 0 saturated heterocycles. The summed E-state index contributed by atoms with van der Waals surface area (Å²) in [4.78, 5) is 41.6. The number of fused-ring (bicyclic) bond motifs is 3. The minimum absolute atomic E-state index is 0.0642. The molecule has 3 aromatic carbocycles. The first-order valence-electron chi connectivity index (χ1n) is 12.4. The van der Waals surface area contributed by atoms with Crippen LogP contribution in [0.3, 0.4) is 0 Å². The first-order chi connectivity index (χ1) is 18.2. The number of benzene rings is 3. The van der Waals surface area contributed by atoms with Crippen molar-refractivity contribution in [3.63, 3.8) is 0 Å². The van der Waals surface area contributed by atoms with Crippen LogP contribution in [0.15, 0.2) is 60.7 Å². The highest BCUT2D eigenvalue weighted by Crippen LogP contribution is 2.44. The Bertz CT molecular complexity index is 1360. The molecule has 2 atom stereocenters. The van der Waals surface area contributed by atoms with Gasteiger partial charge in [-0.1, -0.05) is 30.3 Å². The van der Waals surface area contributed by atoms with Crippen LogP contribution in [0.4, 0.5) is 24.5 Å². The van der Waals surface area contributed by atoms with Gasteiger partial charge in [0.05, 0.1) is 24.7 Å². The van der Waals surface area contributed by atoms with E-state index >= 15 is 0 Å². The zero-order valence-corrected chi connectivity index (χ0v) is 20.8. The molecule has 1 heterocycles.